The number of carbonyl (C=O) groups excluding carboxylic acids is 3. The molecule has 0 saturated carbocycles. The summed E-state index contributed by atoms with van der Waals surface area (Å²) in [6.45, 7) is -0.123. The lowest BCUT2D eigenvalue weighted by Crippen LogP contribution is -2.36. The maximum atomic E-state index is 12.9. The SMILES string of the molecule is COc1ccc(NC(=O)CN2C(=O)S/C(=C/c3cc(I)c(OCc4ccc(Cl)cc4Cl)c(I)c3)C2=O)cc1. The number of carbonyl (C=O) groups is 3. The molecule has 1 N–H and O–H groups in total. The molecular formula is C26H18Cl2I2N2O5S. The Labute approximate surface area is 260 Å². The van der Waals surface area contributed by atoms with Gasteiger partial charge in [-0.15, -0.1) is 0 Å². The summed E-state index contributed by atoms with van der Waals surface area (Å²) in [5.74, 6) is 0.323. The van der Waals surface area contributed by atoms with Crippen molar-refractivity contribution >= 4 is 109 Å². The number of thioether (sulfide) groups is 1. The van der Waals surface area contributed by atoms with Crippen molar-refractivity contribution in [1.29, 1.82) is 0 Å². The third-order valence-electron chi connectivity index (χ3n) is 5.25. The van der Waals surface area contributed by atoms with E-state index in [4.69, 9.17) is 32.7 Å². The van der Waals surface area contributed by atoms with Crippen LogP contribution in [0.2, 0.25) is 10.0 Å². The van der Waals surface area contributed by atoms with Gasteiger partial charge in [-0.05, 0) is 117 Å². The van der Waals surface area contributed by atoms with Crippen molar-refractivity contribution < 1.29 is 23.9 Å². The zero-order valence-electron chi connectivity index (χ0n) is 19.6. The van der Waals surface area contributed by atoms with E-state index in [1.807, 2.05) is 18.2 Å². The van der Waals surface area contributed by atoms with E-state index in [1.165, 1.54) is 0 Å². The first kappa shape index (κ1) is 29.0. The van der Waals surface area contributed by atoms with Crippen molar-refractivity contribution in [2.24, 2.45) is 0 Å². The van der Waals surface area contributed by atoms with E-state index >= 15 is 0 Å². The molecular weight excluding hydrogens is 777 g/mol. The second-order valence-corrected chi connectivity index (χ2v) is 12.0. The first-order valence-corrected chi connectivity index (χ1v) is 14.6. The van der Waals surface area contributed by atoms with Gasteiger partial charge in [-0.3, -0.25) is 19.3 Å². The van der Waals surface area contributed by atoms with Gasteiger partial charge in [0.15, 0.2) is 0 Å². The summed E-state index contributed by atoms with van der Waals surface area (Å²) in [4.78, 5) is 39.0. The van der Waals surface area contributed by atoms with Crippen LogP contribution in [0.1, 0.15) is 11.1 Å². The van der Waals surface area contributed by atoms with Crippen LogP contribution in [0.4, 0.5) is 10.5 Å². The molecule has 196 valence electrons. The topological polar surface area (TPSA) is 84.9 Å². The lowest BCUT2D eigenvalue weighted by Gasteiger charge is -2.13. The molecule has 12 heteroatoms. The maximum Gasteiger partial charge on any atom is 0.294 e. The van der Waals surface area contributed by atoms with Crippen LogP contribution in [0.15, 0.2) is 59.5 Å². The molecule has 38 heavy (non-hydrogen) atoms. The largest absolute Gasteiger partial charge is 0.497 e. The summed E-state index contributed by atoms with van der Waals surface area (Å²) in [6, 6.07) is 15.7. The molecule has 1 aliphatic rings. The second-order valence-electron chi connectivity index (χ2n) is 7.88. The predicted molar refractivity (Wildman–Crippen MR) is 167 cm³/mol. The number of imide groups is 1. The smallest absolute Gasteiger partial charge is 0.294 e. The monoisotopic (exact) mass is 794 g/mol. The van der Waals surface area contributed by atoms with Gasteiger partial charge >= 0.3 is 0 Å². The van der Waals surface area contributed by atoms with E-state index in [0.717, 1.165) is 34.9 Å². The molecule has 0 spiro atoms. The summed E-state index contributed by atoms with van der Waals surface area (Å²) < 4.78 is 12.8. The number of hydrogen-bond acceptors (Lipinski definition) is 6. The molecule has 3 aromatic carbocycles. The fraction of sp³-hybridized carbons (Fsp3) is 0.115. The van der Waals surface area contributed by atoms with Gasteiger partial charge in [0.05, 0.1) is 19.2 Å². The minimum atomic E-state index is -0.521. The molecule has 1 saturated heterocycles. The maximum absolute atomic E-state index is 12.9. The van der Waals surface area contributed by atoms with Gasteiger partial charge in [-0.2, -0.15) is 0 Å². The van der Waals surface area contributed by atoms with Gasteiger partial charge in [0.1, 0.15) is 24.7 Å². The molecule has 1 aliphatic heterocycles. The minimum Gasteiger partial charge on any atom is -0.497 e. The Morgan fingerprint density at radius 3 is 2.37 bits per heavy atom. The van der Waals surface area contributed by atoms with Crippen LogP contribution in [-0.2, 0) is 16.2 Å². The van der Waals surface area contributed by atoms with Crippen LogP contribution in [0.5, 0.6) is 11.5 Å². The molecule has 0 aromatic heterocycles. The van der Waals surface area contributed by atoms with E-state index in [-0.39, 0.29) is 18.1 Å². The van der Waals surface area contributed by atoms with Crippen molar-refractivity contribution in [3.8, 4) is 11.5 Å². The molecule has 3 aromatic rings. The molecule has 0 bridgehead atoms. The number of anilines is 1. The number of ether oxygens (including phenoxy) is 2. The highest BCUT2D eigenvalue weighted by atomic mass is 127. The summed E-state index contributed by atoms with van der Waals surface area (Å²) >= 11 is 17.3. The van der Waals surface area contributed by atoms with Crippen molar-refractivity contribution in [1.82, 2.24) is 4.90 Å². The summed E-state index contributed by atoms with van der Waals surface area (Å²) in [6.07, 6.45) is 1.64. The van der Waals surface area contributed by atoms with Gasteiger partial charge in [0.25, 0.3) is 11.1 Å². The molecule has 7 nitrogen and oxygen atoms in total. The number of hydrogen-bond donors (Lipinski definition) is 1. The normalized spacial score (nSPS) is 14.2. The highest BCUT2D eigenvalue weighted by molar-refractivity contribution is 14.1. The molecule has 4 rings (SSSR count). The molecule has 0 atom stereocenters. The van der Waals surface area contributed by atoms with E-state index in [9.17, 15) is 14.4 Å². The quantitative estimate of drug-likeness (QED) is 0.188. The van der Waals surface area contributed by atoms with E-state index in [2.05, 4.69) is 50.5 Å². The van der Waals surface area contributed by atoms with Crippen LogP contribution in [0.3, 0.4) is 0 Å². The lowest BCUT2D eigenvalue weighted by atomic mass is 10.2. The van der Waals surface area contributed by atoms with Crippen LogP contribution in [0.25, 0.3) is 6.08 Å². The number of halogens is 4. The van der Waals surface area contributed by atoms with Crippen LogP contribution >= 0.6 is 80.1 Å². The van der Waals surface area contributed by atoms with E-state index in [1.54, 1.807) is 49.6 Å². The van der Waals surface area contributed by atoms with Crippen LogP contribution in [0, 0.1) is 7.14 Å². The Bertz CT molecular complexity index is 1430. The van der Waals surface area contributed by atoms with Gasteiger partial charge in [0, 0.05) is 21.3 Å². The number of benzene rings is 3. The van der Waals surface area contributed by atoms with Crippen molar-refractivity contribution in [3.63, 3.8) is 0 Å². The highest BCUT2D eigenvalue weighted by Crippen LogP contribution is 2.35. The Balaban J connectivity index is 1.43. The van der Waals surface area contributed by atoms with Gasteiger partial charge in [-0.1, -0.05) is 29.3 Å². The Hall–Kier alpha value is -2.00. The molecule has 0 unspecified atom stereocenters. The van der Waals surface area contributed by atoms with E-state index in [0.29, 0.717) is 27.2 Å². The number of nitrogens with one attached hydrogen (secondary N) is 1. The highest BCUT2D eigenvalue weighted by Gasteiger charge is 2.36. The van der Waals surface area contributed by atoms with Gasteiger partial charge in [-0.25, -0.2) is 0 Å². The fourth-order valence-corrected chi connectivity index (χ4v) is 6.82. The number of methoxy groups -OCH3 is 1. The Morgan fingerprint density at radius 1 is 1.05 bits per heavy atom. The summed E-state index contributed by atoms with van der Waals surface area (Å²) in [5.41, 5.74) is 2.06. The molecule has 0 aliphatic carbocycles. The average Bonchev–Trinajstić information content (AvgIpc) is 3.12. The Morgan fingerprint density at radius 2 is 1.74 bits per heavy atom. The first-order valence-electron chi connectivity index (χ1n) is 10.9. The van der Waals surface area contributed by atoms with Crippen molar-refractivity contribution in [2.75, 3.05) is 19.0 Å². The standard InChI is InChI=1S/C26H18Cl2I2N2O5S/c1-36-18-6-4-17(5-7-18)31-23(33)12-32-25(34)22(38-26(32)35)10-14-8-20(29)24(21(30)9-14)37-13-15-2-3-16(27)11-19(15)28/h2-11H,12-13H2,1H3,(H,31,33)/b22-10+. The Kier molecular flexibility index (Phi) is 9.84. The molecule has 3 amide bonds. The zero-order valence-corrected chi connectivity index (χ0v) is 26.2. The van der Waals surface area contributed by atoms with Crippen molar-refractivity contribution in [2.45, 2.75) is 6.61 Å². The fourth-order valence-electron chi connectivity index (χ4n) is 3.40. The molecule has 1 fully saturated rings. The van der Waals surface area contributed by atoms with E-state index < -0.39 is 17.1 Å². The van der Waals surface area contributed by atoms with Crippen LogP contribution < -0.4 is 14.8 Å². The first-order chi connectivity index (χ1) is 18.1. The van der Waals surface area contributed by atoms with Crippen molar-refractivity contribution in [3.05, 3.63) is 87.8 Å². The average molecular weight is 795 g/mol. The van der Waals surface area contributed by atoms with Crippen LogP contribution in [-0.4, -0.2) is 35.6 Å². The summed E-state index contributed by atoms with van der Waals surface area (Å²) in [5, 5.41) is 3.24. The lowest BCUT2D eigenvalue weighted by molar-refractivity contribution is -0.127. The molecule has 1 heterocycles. The second kappa shape index (κ2) is 12.9. The number of amides is 3. The van der Waals surface area contributed by atoms with Gasteiger partial charge in [0.2, 0.25) is 5.91 Å². The number of rotatable bonds is 8. The third kappa shape index (κ3) is 7.14. The summed E-state index contributed by atoms with van der Waals surface area (Å²) in [7, 11) is 1.55. The molecule has 0 radical (unpaired) electrons. The minimum absolute atomic E-state index is 0.237. The van der Waals surface area contributed by atoms with Gasteiger partial charge < -0.3 is 14.8 Å². The number of nitrogens with zero attached hydrogens (tertiary/aromatic N) is 1. The zero-order chi connectivity index (χ0) is 27.4. The predicted octanol–water partition coefficient (Wildman–Crippen LogP) is 7.47. The third-order valence-corrected chi connectivity index (χ3v) is 8.35.